The van der Waals surface area contributed by atoms with Crippen LogP contribution in [0.1, 0.15) is 41.8 Å². The van der Waals surface area contributed by atoms with Crippen LogP contribution in [0.5, 0.6) is 5.75 Å². The van der Waals surface area contributed by atoms with Crippen molar-refractivity contribution in [3.05, 3.63) is 56.4 Å². The molecule has 27 heavy (non-hydrogen) atoms. The smallest absolute Gasteiger partial charge is 0.347 e. The fourth-order valence-corrected chi connectivity index (χ4v) is 3.77. The number of aryl methyl sites for hydroxylation is 3. The maximum Gasteiger partial charge on any atom is 0.347 e. The molecule has 0 aliphatic carbocycles. The number of H-pyrrole nitrogens is 1. The highest BCUT2D eigenvalue weighted by atomic mass is 32.1. The van der Waals surface area contributed by atoms with E-state index in [1.807, 2.05) is 39.0 Å². The summed E-state index contributed by atoms with van der Waals surface area (Å²) in [5.74, 6) is 0.403. The van der Waals surface area contributed by atoms with Crippen LogP contribution >= 0.6 is 11.3 Å². The highest BCUT2D eigenvalue weighted by molar-refractivity contribution is 7.18. The third-order valence-corrected chi connectivity index (χ3v) is 5.47. The first kappa shape index (κ1) is 19.1. The van der Waals surface area contributed by atoms with E-state index in [9.17, 15) is 9.59 Å². The molecule has 2 heterocycles. The maximum atomic E-state index is 12.4. The number of hydrogen-bond acceptors (Lipinski definition) is 6. The molecule has 3 aromatic rings. The topological polar surface area (TPSA) is 81.3 Å². The monoisotopic (exact) mass is 386 g/mol. The zero-order chi connectivity index (χ0) is 19.7. The predicted molar refractivity (Wildman–Crippen MR) is 105 cm³/mol. The van der Waals surface area contributed by atoms with Crippen molar-refractivity contribution < 1.29 is 14.3 Å². The maximum absolute atomic E-state index is 12.4. The van der Waals surface area contributed by atoms with Crippen molar-refractivity contribution in [3.63, 3.8) is 0 Å². The Morgan fingerprint density at radius 2 is 1.96 bits per heavy atom. The van der Waals surface area contributed by atoms with Crippen LogP contribution in [0, 0.1) is 20.8 Å². The number of thiophene rings is 1. The van der Waals surface area contributed by atoms with Crippen molar-refractivity contribution in [2.24, 2.45) is 0 Å². The Kier molecular flexibility index (Phi) is 5.32. The molecular weight excluding hydrogens is 364 g/mol. The Hall–Kier alpha value is -2.67. The van der Waals surface area contributed by atoms with Gasteiger partial charge in [-0.3, -0.25) is 4.79 Å². The summed E-state index contributed by atoms with van der Waals surface area (Å²) in [6, 6.07) is 7.45. The summed E-state index contributed by atoms with van der Waals surface area (Å²) in [5.41, 5.74) is 1.75. The van der Waals surface area contributed by atoms with Gasteiger partial charge < -0.3 is 14.5 Å². The Balaban J connectivity index is 1.74. The summed E-state index contributed by atoms with van der Waals surface area (Å²) in [4.78, 5) is 33.6. The van der Waals surface area contributed by atoms with Gasteiger partial charge in [0.25, 0.3) is 5.56 Å². The average Bonchev–Trinajstić information content (AvgIpc) is 2.89. The van der Waals surface area contributed by atoms with Crippen LogP contribution in [0.2, 0.25) is 0 Å². The second-order valence-corrected chi connectivity index (χ2v) is 7.77. The SMILES string of the molecule is Cc1cccc(O[C@H](C)C(=O)O[C@H](C)c2nc3sc(C)c(C)c3c(=O)[nH]2)c1. The summed E-state index contributed by atoms with van der Waals surface area (Å²) in [7, 11) is 0. The van der Waals surface area contributed by atoms with Crippen molar-refractivity contribution in [2.45, 2.75) is 46.8 Å². The largest absolute Gasteiger partial charge is 0.479 e. The van der Waals surface area contributed by atoms with Crippen LogP contribution in [0.25, 0.3) is 10.2 Å². The fraction of sp³-hybridized carbons (Fsp3) is 0.350. The molecular formula is C20H22N2O4S. The number of carbonyl (C=O) groups is 1. The van der Waals surface area contributed by atoms with Crippen LogP contribution in [-0.2, 0) is 9.53 Å². The number of nitrogens with one attached hydrogen (secondary N) is 1. The zero-order valence-corrected chi connectivity index (χ0v) is 16.8. The molecule has 3 rings (SSSR count). The molecule has 2 aromatic heterocycles. The number of esters is 1. The molecule has 6 nitrogen and oxygen atoms in total. The lowest BCUT2D eigenvalue weighted by Crippen LogP contribution is -2.28. The van der Waals surface area contributed by atoms with E-state index < -0.39 is 18.2 Å². The van der Waals surface area contributed by atoms with Crippen molar-refractivity contribution in [2.75, 3.05) is 0 Å². The first-order valence-corrected chi connectivity index (χ1v) is 9.51. The van der Waals surface area contributed by atoms with Gasteiger partial charge >= 0.3 is 5.97 Å². The molecule has 0 unspecified atom stereocenters. The summed E-state index contributed by atoms with van der Waals surface area (Å²) < 4.78 is 11.1. The van der Waals surface area contributed by atoms with Crippen molar-refractivity contribution in [1.82, 2.24) is 9.97 Å². The number of hydrogen-bond donors (Lipinski definition) is 1. The van der Waals surface area contributed by atoms with Crippen LogP contribution in [0.15, 0.2) is 29.1 Å². The van der Waals surface area contributed by atoms with E-state index in [2.05, 4.69) is 9.97 Å². The van der Waals surface area contributed by atoms with Gasteiger partial charge in [0.1, 0.15) is 10.6 Å². The Morgan fingerprint density at radius 3 is 2.67 bits per heavy atom. The first-order chi connectivity index (χ1) is 12.8. The van der Waals surface area contributed by atoms with Crippen molar-refractivity contribution in [1.29, 1.82) is 0 Å². The third-order valence-electron chi connectivity index (χ3n) is 4.37. The van der Waals surface area contributed by atoms with Crippen molar-refractivity contribution >= 4 is 27.5 Å². The Labute approximate surface area is 161 Å². The molecule has 0 aliphatic heterocycles. The molecule has 0 spiro atoms. The molecule has 0 saturated heterocycles. The van der Waals surface area contributed by atoms with Gasteiger partial charge in [-0.1, -0.05) is 12.1 Å². The minimum Gasteiger partial charge on any atom is -0.479 e. The summed E-state index contributed by atoms with van der Waals surface area (Å²) >= 11 is 1.46. The summed E-state index contributed by atoms with van der Waals surface area (Å²) in [6.45, 7) is 9.11. The molecule has 2 atom stereocenters. The minimum atomic E-state index is -0.782. The van der Waals surface area contributed by atoms with Crippen LogP contribution in [-0.4, -0.2) is 22.0 Å². The van der Waals surface area contributed by atoms with Crippen LogP contribution < -0.4 is 10.3 Å². The molecule has 0 aliphatic rings. The molecule has 0 bridgehead atoms. The normalized spacial score (nSPS) is 13.4. The molecule has 7 heteroatoms. The number of ether oxygens (including phenoxy) is 2. The quantitative estimate of drug-likeness (QED) is 0.671. The fourth-order valence-electron chi connectivity index (χ4n) is 2.73. The second-order valence-electron chi connectivity index (χ2n) is 6.57. The number of nitrogens with zero attached hydrogens (tertiary/aromatic N) is 1. The van der Waals surface area contributed by atoms with Gasteiger partial charge in [0, 0.05) is 4.88 Å². The van der Waals surface area contributed by atoms with Gasteiger partial charge in [-0.2, -0.15) is 0 Å². The van der Waals surface area contributed by atoms with E-state index in [0.29, 0.717) is 21.8 Å². The van der Waals surface area contributed by atoms with Crippen LogP contribution in [0.3, 0.4) is 0 Å². The van der Waals surface area contributed by atoms with Crippen molar-refractivity contribution in [3.8, 4) is 5.75 Å². The van der Waals surface area contributed by atoms with Gasteiger partial charge in [0.05, 0.1) is 5.39 Å². The molecule has 1 N–H and O–H groups in total. The number of fused-ring (bicyclic) bond motifs is 1. The van der Waals surface area contributed by atoms with Gasteiger partial charge in [0.2, 0.25) is 0 Å². The number of rotatable bonds is 5. The van der Waals surface area contributed by atoms with Gasteiger partial charge in [-0.05, 0) is 57.9 Å². The number of carbonyl (C=O) groups excluding carboxylic acids is 1. The lowest BCUT2D eigenvalue weighted by atomic mass is 10.2. The highest BCUT2D eigenvalue weighted by Gasteiger charge is 2.22. The van der Waals surface area contributed by atoms with E-state index in [0.717, 1.165) is 16.0 Å². The number of benzene rings is 1. The van der Waals surface area contributed by atoms with Crippen LogP contribution in [0.4, 0.5) is 0 Å². The molecule has 142 valence electrons. The molecule has 0 radical (unpaired) electrons. The molecule has 0 saturated carbocycles. The summed E-state index contributed by atoms with van der Waals surface area (Å²) in [5, 5.41) is 0.593. The third kappa shape index (κ3) is 4.03. The Bertz CT molecular complexity index is 1050. The predicted octanol–water partition coefficient (Wildman–Crippen LogP) is 3.98. The molecule has 0 fully saturated rings. The van der Waals surface area contributed by atoms with Gasteiger partial charge in [0.15, 0.2) is 18.0 Å². The summed E-state index contributed by atoms with van der Waals surface area (Å²) in [6.07, 6.45) is -1.48. The number of aromatic nitrogens is 2. The van der Waals surface area contributed by atoms with E-state index >= 15 is 0 Å². The lowest BCUT2D eigenvalue weighted by molar-refractivity contribution is -0.156. The number of aromatic amines is 1. The van der Waals surface area contributed by atoms with E-state index in [1.165, 1.54) is 11.3 Å². The average molecular weight is 386 g/mol. The Morgan fingerprint density at radius 1 is 1.22 bits per heavy atom. The lowest BCUT2D eigenvalue weighted by Gasteiger charge is -2.17. The highest BCUT2D eigenvalue weighted by Crippen LogP contribution is 2.27. The van der Waals surface area contributed by atoms with Gasteiger partial charge in [-0.15, -0.1) is 11.3 Å². The van der Waals surface area contributed by atoms with E-state index in [1.54, 1.807) is 19.9 Å². The van der Waals surface area contributed by atoms with Gasteiger partial charge in [-0.25, -0.2) is 9.78 Å². The second kappa shape index (κ2) is 7.52. The van der Waals surface area contributed by atoms with E-state index in [4.69, 9.17) is 9.47 Å². The molecule has 0 amide bonds. The van der Waals surface area contributed by atoms with E-state index in [-0.39, 0.29) is 5.56 Å². The standard InChI is InChI=1S/C20H22N2O4S/c1-10-7-6-8-15(9-10)25-13(4)20(24)26-12(3)17-21-18(23)16-11(2)14(5)27-19(16)22-17/h6-9,12-13H,1-5H3,(H,21,22,23)/t12-,13-/m1/s1. The minimum absolute atomic E-state index is 0.219. The zero-order valence-electron chi connectivity index (χ0n) is 16.0. The molecule has 1 aromatic carbocycles. The first-order valence-electron chi connectivity index (χ1n) is 8.70.